The van der Waals surface area contributed by atoms with Gasteiger partial charge in [0.15, 0.2) is 0 Å². The lowest BCUT2D eigenvalue weighted by molar-refractivity contribution is 1.09. The molecule has 0 aliphatic rings. The van der Waals surface area contributed by atoms with Crippen molar-refractivity contribution in [3.63, 3.8) is 0 Å². The zero-order chi connectivity index (χ0) is 23.5. The van der Waals surface area contributed by atoms with E-state index in [0.29, 0.717) is 0 Å². The topological polar surface area (TPSA) is 17.8 Å². The first-order chi connectivity index (χ1) is 17.2. The molecular weight excluding hydrogens is 424 g/mol. The molecule has 2 heteroatoms. The molecule has 5 aromatic carbocycles. The van der Waals surface area contributed by atoms with E-state index in [9.17, 15) is 0 Å². The predicted octanol–water partition coefficient (Wildman–Crippen LogP) is 8.72. The maximum absolute atomic E-state index is 4.62. The molecule has 35 heavy (non-hydrogen) atoms. The Kier molecular flexibility index (Phi) is 4.31. The van der Waals surface area contributed by atoms with Gasteiger partial charge in [0.05, 0.1) is 0 Å². The lowest BCUT2D eigenvalue weighted by Gasteiger charge is -2.19. The molecule has 2 heterocycles. The second-order valence-electron chi connectivity index (χ2n) is 9.55. The van der Waals surface area contributed by atoms with Gasteiger partial charge in [-0.1, -0.05) is 59.7 Å². The summed E-state index contributed by atoms with van der Waals surface area (Å²) in [6.07, 6.45) is 8.25. The van der Waals surface area contributed by atoms with E-state index >= 15 is 0 Å². The Morgan fingerprint density at radius 1 is 0.571 bits per heavy atom. The van der Waals surface area contributed by atoms with Crippen LogP contribution in [0.15, 0.2) is 110 Å². The van der Waals surface area contributed by atoms with Crippen LogP contribution in [-0.4, -0.2) is 9.55 Å². The molecule has 0 aliphatic heterocycles. The smallest absolute Gasteiger partial charge is 0.0462 e. The van der Waals surface area contributed by atoms with Crippen molar-refractivity contribution in [2.24, 2.45) is 0 Å². The van der Waals surface area contributed by atoms with Gasteiger partial charge in [-0.05, 0) is 88.7 Å². The molecular formula is C33H24N2. The van der Waals surface area contributed by atoms with Gasteiger partial charge < -0.3 is 4.57 Å². The molecule has 166 valence electrons. The molecule has 0 radical (unpaired) electrons. The summed E-state index contributed by atoms with van der Waals surface area (Å²) in [5.41, 5.74) is 8.64. The first-order valence-corrected chi connectivity index (χ1v) is 12.0. The van der Waals surface area contributed by atoms with Crippen molar-refractivity contribution in [3.05, 3.63) is 121 Å². The quantitative estimate of drug-likeness (QED) is 0.247. The van der Waals surface area contributed by atoms with Gasteiger partial charge in [0.2, 0.25) is 0 Å². The van der Waals surface area contributed by atoms with Crippen molar-refractivity contribution in [2.75, 3.05) is 0 Å². The molecule has 2 nitrogen and oxygen atoms in total. The van der Waals surface area contributed by atoms with Crippen molar-refractivity contribution in [2.45, 2.75) is 13.8 Å². The summed E-state index contributed by atoms with van der Waals surface area (Å²) in [6, 6.07) is 31.2. The fraction of sp³-hybridized carbons (Fsp3) is 0.0606. The predicted molar refractivity (Wildman–Crippen MR) is 148 cm³/mol. The molecule has 0 saturated carbocycles. The number of aryl methyl sites for hydroxylation is 2. The van der Waals surface area contributed by atoms with E-state index in [1.807, 2.05) is 12.4 Å². The molecule has 0 spiro atoms. The van der Waals surface area contributed by atoms with Gasteiger partial charge in [-0.15, -0.1) is 0 Å². The van der Waals surface area contributed by atoms with Crippen LogP contribution in [0, 0.1) is 13.8 Å². The minimum atomic E-state index is 1.17. The summed E-state index contributed by atoms with van der Waals surface area (Å²) < 4.78 is 2.20. The number of hydrogen-bond donors (Lipinski definition) is 0. The van der Waals surface area contributed by atoms with Crippen LogP contribution < -0.4 is 0 Å². The van der Waals surface area contributed by atoms with Gasteiger partial charge >= 0.3 is 0 Å². The Hall–Kier alpha value is -4.43. The van der Waals surface area contributed by atoms with Gasteiger partial charge in [0, 0.05) is 46.6 Å². The highest BCUT2D eigenvalue weighted by atomic mass is 14.9. The largest absolute Gasteiger partial charge is 0.324 e. The van der Waals surface area contributed by atoms with Crippen molar-refractivity contribution >= 4 is 32.3 Å². The standard InChI is InChI=1S/C33H24N2/c1-21-5-9-23(10-6-21)28-15-25-19-34-20-26-16-29(24-11-7-22(2)8-12-24)31-18-27(35-13-3-4-14-35)17-30(28)33(31)32(25)26/h3-20H,1-2H3. The summed E-state index contributed by atoms with van der Waals surface area (Å²) in [5.74, 6) is 0. The zero-order valence-corrected chi connectivity index (χ0v) is 19.8. The van der Waals surface area contributed by atoms with Crippen LogP contribution in [0.5, 0.6) is 0 Å². The third-order valence-corrected chi connectivity index (χ3v) is 7.19. The highest BCUT2D eigenvalue weighted by Gasteiger charge is 2.18. The lowest BCUT2D eigenvalue weighted by Crippen LogP contribution is -1.96. The highest BCUT2D eigenvalue weighted by molar-refractivity contribution is 6.29. The third-order valence-electron chi connectivity index (χ3n) is 7.19. The van der Waals surface area contributed by atoms with Crippen molar-refractivity contribution in [1.29, 1.82) is 0 Å². The van der Waals surface area contributed by atoms with E-state index in [4.69, 9.17) is 0 Å². The molecule has 0 amide bonds. The van der Waals surface area contributed by atoms with E-state index in [1.54, 1.807) is 0 Å². The minimum absolute atomic E-state index is 1.17. The van der Waals surface area contributed by atoms with Crippen LogP contribution in [0.2, 0.25) is 0 Å². The Morgan fingerprint density at radius 3 is 1.54 bits per heavy atom. The van der Waals surface area contributed by atoms with Crippen LogP contribution >= 0.6 is 0 Å². The Balaban J connectivity index is 1.69. The van der Waals surface area contributed by atoms with Gasteiger partial charge in [-0.2, -0.15) is 0 Å². The first-order valence-electron chi connectivity index (χ1n) is 12.0. The summed E-state index contributed by atoms with van der Waals surface area (Å²) in [7, 11) is 0. The maximum atomic E-state index is 4.62. The number of aromatic nitrogens is 2. The summed E-state index contributed by atoms with van der Waals surface area (Å²) >= 11 is 0. The average Bonchev–Trinajstić information content (AvgIpc) is 3.43. The van der Waals surface area contributed by atoms with E-state index < -0.39 is 0 Å². The lowest BCUT2D eigenvalue weighted by atomic mass is 9.86. The normalized spacial score (nSPS) is 11.7. The number of pyridine rings is 1. The number of nitrogens with zero attached hydrogens (tertiary/aromatic N) is 2. The van der Waals surface area contributed by atoms with E-state index in [1.165, 1.54) is 71.4 Å². The fourth-order valence-electron chi connectivity index (χ4n) is 5.39. The average molecular weight is 449 g/mol. The van der Waals surface area contributed by atoms with Crippen molar-refractivity contribution < 1.29 is 0 Å². The second kappa shape index (κ2) is 7.54. The van der Waals surface area contributed by atoms with Crippen LogP contribution in [0.4, 0.5) is 0 Å². The Bertz CT molecular complexity index is 1710. The fourth-order valence-corrected chi connectivity index (χ4v) is 5.39. The van der Waals surface area contributed by atoms with E-state index in [0.717, 1.165) is 0 Å². The van der Waals surface area contributed by atoms with Crippen molar-refractivity contribution in [3.8, 4) is 27.9 Å². The Morgan fingerprint density at radius 2 is 1.06 bits per heavy atom. The van der Waals surface area contributed by atoms with Gasteiger partial charge in [-0.3, -0.25) is 4.98 Å². The molecule has 0 atom stereocenters. The molecule has 0 unspecified atom stereocenters. The number of rotatable bonds is 3. The zero-order valence-electron chi connectivity index (χ0n) is 19.8. The number of hydrogen-bond acceptors (Lipinski definition) is 1. The second-order valence-corrected chi connectivity index (χ2v) is 9.55. The molecule has 0 bridgehead atoms. The van der Waals surface area contributed by atoms with Crippen LogP contribution in [0.3, 0.4) is 0 Å². The molecule has 0 saturated heterocycles. The third kappa shape index (κ3) is 3.14. The molecule has 7 rings (SSSR count). The van der Waals surface area contributed by atoms with Gasteiger partial charge in [0.1, 0.15) is 0 Å². The SMILES string of the molecule is Cc1ccc(-c2cc3cncc4cc(-c5ccc(C)cc5)c5cc(-n6cccc6)cc2c5c34)cc1. The molecule has 0 aliphatic carbocycles. The maximum Gasteiger partial charge on any atom is 0.0462 e. The highest BCUT2D eigenvalue weighted by Crippen LogP contribution is 2.44. The summed E-state index contributed by atoms with van der Waals surface area (Å²) in [6.45, 7) is 4.27. The van der Waals surface area contributed by atoms with Crippen LogP contribution in [0.1, 0.15) is 11.1 Å². The van der Waals surface area contributed by atoms with Crippen molar-refractivity contribution in [1.82, 2.24) is 9.55 Å². The van der Waals surface area contributed by atoms with E-state index in [-0.39, 0.29) is 0 Å². The first kappa shape index (κ1) is 20.0. The van der Waals surface area contributed by atoms with E-state index in [2.05, 4.69) is 121 Å². The van der Waals surface area contributed by atoms with Crippen LogP contribution in [-0.2, 0) is 0 Å². The molecule has 0 N–H and O–H groups in total. The molecule has 0 fully saturated rings. The molecule has 2 aromatic heterocycles. The minimum Gasteiger partial charge on any atom is -0.324 e. The Labute approximate surface area is 204 Å². The molecule has 7 aromatic rings. The number of benzene rings is 5. The monoisotopic (exact) mass is 448 g/mol. The van der Waals surface area contributed by atoms with Gasteiger partial charge in [0.25, 0.3) is 0 Å². The summed E-state index contributed by atoms with van der Waals surface area (Å²) in [5, 5.41) is 7.50. The van der Waals surface area contributed by atoms with Gasteiger partial charge in [-0.25, -0.2) is 0 Å². The van der Waals surface area contributed by atoms with Crippen LogP contribution in [0.25, 0.3) is 60.3 Å². The summed E-state index contributed by atoms with van der Waals surface area (Å²) in [4.78, 5) is 4.62.